The van der Waals surface area contributed by atoms with Gasteiger partial charge in [0.25, 0.3) is 5.69 Å². The molecule has 8 atom stereocenters. The van der Waals surface area contributed by atoms with E-state index in [1.54, 1.807) is 0 Å². The fourth-order valence-electron chi connectivity index (χ4n) is 8.84. The second kappa shape index (κ2) is 3.52. The Bertz CT molecular complexity index is 957. The summed E-state index contributed by atoms with van der Waals surface area (Å²) in [4.78, 5) is 35.7. The lowest BCUT2D eigenvalue weighted by Gasteiger charge is -3.16. The molecule has 0 bridgehead atoms. The Morgan fingerprint density at radius 1 is 1.00 bits per heavy atom. The molecule has 0 aromatic heterocycles. The first kappa shape index (κ1) is 14.7. The lowest BCUT2D eigenvalue weighted by Crippen LogP contribution is -3.19. The number of hydrogen-bond donors (Lipinski definition) is 0. The summed E-state index contributed by atoms with van der Waals surface area (Å²) in [7, 11) is 1.44. The van der Waals surface area contributed by atoms with Crippen LogP contribution in [0.5, 0.6) is 5.75 Å². The monoisotopic (exact) mass is 355 g/mol. The second-order valence-electron chi connectivity index (χ2n) is 8.78. The zero-order chi connectivity index (χ0) is 18.4. The third-order valence-electron chi connectivity index (χ3n) is 9.30. The van der Waals surface area contributed by atoms with Crippen molar-refractivity contribution >= 4 is 17.6 Å². The number of nitro benzene ring substituents is 1. The Balaban J connectivity index is 1.29. The van der Waals surface area contributed by atoms with E-state index in [0.29, 0.717) is 5.75 Å². The van der Waals surface area contributed by atoms with Gasteiger partial charge in [-0.25, -0.2) is 0 Å². The van der Waals surface area contributed by atoms with Gasteiger partial charge in [-0.15, -0.1) is 0 Å². The molecule has 1 aromatic rings. The maximum atomic E-state index is 13.0. The smallest absolute Gasteiger partial charge is 0.318 e. The van der Waals surface area contributed by atoms with Crippen molar-refractivity contribution in [2.24, 2.45) is 45.3 Å². The fourth-order valence-corrected chi connectivity index (χ4v) is 8.84. The summed E-state index contributed by atoms with van der Waals surface area (Å²) in [6, 6.07) is 5.57. The first-order valence-corrected chi connectivity index (χ1v) is 8.82. The topological polar surface area (TPSA) is 95.7 Å². The molecular weight excluding hydrogens is 338 g/mol. The Morgan fingerprint density at radius 3 is 1.92 bits per heavy atom. The fraction of sp³-hybridized carbons (Fsp3) is 0.579. The van der Waals surface area contributed by atoms with Crippen LogP contribution in [0.2, 0.25) is 0 Å². The number of nitrogens with zero attached hydrogens (tertiary/aromatic N) is 1. The maximum Gasteiger partial charge on any atom is 0.318 e. The van der Waals surface area contributed by atoms with Crippen molar-refractivity contribution in [3.63, 3.8) is 0 Å². The summed E-state index contributed by atoms with van der Waals surface area (Å²) in [6.07, 6.45) is 0. The van der Waals surface area contributed by atoms with Gasteiger partial charge in [-0.3, -0.25) is 19.7 Å². The number of esters is 2. The summed E-state index contributed by atoms with van der Waals surface area (Å²) >= 11 is 0. The molecule has 134 valence electrons. The molecule has 0 spiro atoms. The third-order valence-corrected chi connectivity index (χ3v) is 9.30. The first-order chi connectivity index (χ1) is 12.3. The predicted octanol–water partition coefficient (Wildman–Crippen LogP) is 2.19. The molecular formula is C19H17NO6. The lowest BCUT2D eigenvalue weighted by atomic mass is 8.84. The van der Waals surface area contributed by atoms with Crippen LogP contribution in [0, 0.1) is 55.4 Å². The van der Waals surface area contributed by atoms with E-state index < -0.39 is 10.3 Å². The van der Waals surface area contributed by atoms with Crippen molar-refractivity contribution in [2.45, 2.75) is 13.8 Å². The van der Waals surface area contributed by atoms with E-state index in [1.165, 1.54) is 31.4 Å². The number of carbonyl (C=O) groups excluding carboxylic acids is 2. The van der Waals surface area contributed by atoms with Gasteiger partial charge in [0.05, 0.1) is 22.9 Å². The summed E-state index contributed by atoms with van der Waals surface area (Å²) in [5, 5.41) is 10.7. The zero-order valence-corrected chi connectivity index (χ0v) is 14.5. The zero-order valence-electron chi connectivity index (χ0n) is 14.5. The van der Waals surface area contributed by atoms with E-state index >= 15 is 0 Å². The molecule has 0 unspecified atom stereocenters. The minimum absolute atomic E-state index is 0.0410. The van der Waals surface area contributed by atoms with Crippen molar-refractivity contribution in [2.75, 3.05) is 7.11 Å². The molecule has 6 saturated carbocycles. The number of non-ortho nitro benzene ring substituents is 1. The lowest BCUT2D eigenvalue weighted by molar-refractivity contribution is -0.708. The summed E-state index contributed by atoms with van der Waals surface area (Å²) < 4.78 is 10.7. The highest BCUT2D eigenvalue weighted by atomic mass is 16.6. The average molecular weight is 355 g/mol. The van der Waals surface area contributed by atoms with Crippen LogP contribution in [0.1, 0.15) is 13.8 Å². The number of ether oxygens (including phenoxy) is 2. The Hall–Kier alpha value is -2.44. The second-order valence-corrected chi connectivity index (χ2v) is 8.78. The molecule has 6 aliphatic carbocycles. The molecule has 7 rings (SSSR count). The van der Waals surface area contributed by atoms with Crippen LogP contribution >= 0.6 is 0 Å². The van der Waals surface area contributed by atoms with Crippen molar-refractivity contribution in [1.29, 1.82) is 0 Å². The highest BCUT2D eigenvalue weighted by Gasteiger charge is 3.21. The molecule has 0 heterocycles. The molecule has 7 nitrogen and oxygen atoms in total. The number of carbonyl (C=O) groups is 2. The molecule has 0 saturated heterocycles. The highest BCUT2D eigenvalue weighted by molar-refractivity contribution is 6.00. The van der Waals surface area contributed by atoms with E-state index in [-0.39, 0.29) is 57.5 Å². The maximum absolute atomic E-state index is 13.0. The normalized spacial score (nSPS) is 52.1. The molecule has 1 aromatic carbocycles. The van der Waals surface area contributed by atoms with E-state index in [2.05, 4.69) is 13.8 Å². The van der Waals surface area contributed by atoms with Gasteiger partial charge < -0.3 is 9.47 Å². The minimum Gasteiger partial charge on any atom is -0.469 e. The van der Waals surface area contributed by atoms with E-state index in [0.717, 1.165) is 0 Å². The van der Waals surface area contributed by atoms with Gasteiger partial charge in [0, 0.05) is 12.1 Å². The van der Waals surface area contributed by atoms with Crippen LogP contribution in [0.25, 0.3) is 0 Å². The van der Waals surface area contributed by atoms with Crippen molar-refractivity contribution in [1.82, 2.24) is 0 Å². The number of methoxy groups -OCH3 is 1. The van der Waals surface area contributed by atoms with E-state index in [4.69, 9.17) is 9.47 Å². The van der Waals surface area contributed by atoms with E-state index in [1.807, 2.05) is 0 Å². The molecule has 0 radical (unpaired) electrons. The number of nitro groups is 1. The van der Waals surface area contributed by atoms with Crippen molar-refractivity contribution in [3.8, 4) is 5.75 Å². The number of benzene rings is 1. The van der Waals surface area contributed by atoms with E-state index in [9.17, 15) is 19.7 Å². The largest absolute Gasteiger partial charge is 0.469 e. The van der Waals surface area contributed by atoms with Crippen LogP contribution in [-0.2, 0) is 14.3 Å². The van der Waals surface area contributed by atoms with Gasteiger partial charge in [0.1, 0.15) is 5.75 Å². The van der Waals surface area contributed by atoms with Gasteiger partial charge in [-0.05, 0) is 46.6 Å². The van der Waals surface area contributed by atoms with Crippen molar-refractivity contribution in [3.05, 3.63) is 34.4 Å². The predicted molar refractivity (Wildman–Crippen MR) is 85.8 cm³/mol. The number of rotatable bonds is 4. The summed E-state index contributed by atoms with van der Waals surface area (Å²) in [5.41, 5.74) is -1.24. The van der Waals surface area contributed by atoms with Crippen LogP contribution in [0.15, 0.2) is 24.3 Å². The Kier molecular flexibility index (Phi) is 1.99. The molecule has 0 amide bonds. The minimum atomic E-state index is -0.488. The van der Waals surface area contributed by atoms with Crippen LogP contribution < -0.4 is 4.74 Å². The first-order valence-electron chi connectivity index (χ1n) is 8.82. The molecule has 6 fully saturated rings. The quantitative estimate of drug-likeness (QED) is 0.356. The highest BCUT2D eigenvalue weighted by Crippen LogP contribution is 3.18. The molecule has 6 aliphatic rings. The molecule has 0 N–H and O–H groups in total. The Morgan fingerprint density at radius 2 is 1.50 bits per heavy atom. The molecule has 0 aliphatic heterocycles. The van der Waals surface area contributed by atoms with Gasteiger partial charge in [-0.2, -0.15) is 0 Å². The van der Waals surface area contributed by atoms with Gasteiger partial charge in [0.2, 0.25) is 0 Å². The SMILES string of the molecule is COC(=O)[C@@]12[C@@H]3[C@@H]4[C@H]1[C@@]1(C)[C@@]4(C(=O)Oc4ccc([N+](=O)[O-])cc4)[C@@H]3[C@@]21C. The summed E-state index contributed by atoms with van der Waals surface area (Å²) in [6.45, 7) is 4.23. The molecule has 26 heavy (non-hydrogen) atoms. The van der Waals surface area contributed by atoms with Gasteiger partial charge in [0.15, 0.2) is 0 Å². The van der Waals surface area contributed by atoms with Crippen LogP contribution in [0.3, 0.4) is 0 Å². The molecule has 7 heteroatoms. The van der Waals surface area contributed by atoms with Gasteiger partial charge in [-0.1, -0.05) is 13.8 Å². The van der Waals surface area contributed by atoms with Crippen LogP contribution in [-0.4, -0.2) is 24.0 Å². The number of hydrogen-bond acceptors (Lipinski definition) is 6. The van der Waals surface area contributed by atoms with Crippen molar-refractivity contribution < 1.29 is 24.0 Å². The van der Waals surface area contributed by atoms with Crippen LogP contribution in [0.4, 0.5) is 5.69 Å². The standard InChI is InChI=1S/C19H17NO6/c1-16-13-10-11-12(18(10,16)14(21)25-3)17(16,2)19(11,13)15(22)26-9-6-4-8(5-7-9)20(23)24/h4-7,10-13H,1-3H3/t10-,11-,12+,13+,16-,17-,18-,19-/m1/s1. The average Bonchev–Trinajstić information content (AvgIpc) is 2.61. The van der Waals surface area contributed by atoms with Gasteiger partial charge >= 0.3 is 11.9 Å². The third kappa shape index (κ3) is 0.834. The summed E-state index contributed by atoms with van der Waals surface area (Å²) in [5.74, 6) is 0.876. The Labute approximate surface area is 148 Å².